The van der Waals surface area contributed by atoms with Crippen molar-refractivity contribution in [1.29, 1.82) is 0 Å². The van der Waals surface area contributed by atoms with Crippen molar-refractivity contribution in [2.75, 3.05) is 7.11 Å². The summed E-state index contributed by atoms with van der Waals surface area (Å²) in [5, 5.41) is 2.21. The predicted octanol–water partition coefficient (Wildman–Crippen LogP) is 1.84. The molecule has 0 aliphatic rings. The highest BCUT2D eigenvalue weighted by atomic mass is 16.5. The summed E-state index contributed by atoms with van der Waals surface area (Å²) in [6.07, 6.45) is 0.145. The molecular formula is C16H17NO3. The molecule has 2 rings (SSSR count). The summed E-state index contributed by atoms with van der Waals surface area (Å²) in [5.74, 6) is -0.630. The van der Waals surface area contributed by atoms with E-state index in [-0.39, 0.29) is 18.6 Å². The van der Waals surface area contributed by atoms with Crippen LogP contribution in [0, 0.1) is 0 Å². The van der Waals surface area contributed by atoms with Gasteiger partial charge >= 0.3 is 5.97 Å². The third kappa shape index (κ3) is 3.42. The molecule has 0 saturated heterocycles. The van der Waals surface area contributed by atoms with Crippen molar-refractivity contribution >= 4 is 22.5 Å². The molecule has 1 unspecified atom stereocenters. The van der Waals surface area contributed by atoms with E-state index in [9.17, 15) is 9.59 Å². The average Bonchev–Trinajstić information content (AvgIpc) is 2.46. The van der Waals surface area contributed by atoms with Crippen LogP contribution in [-0.4, -0.2) is 24.9 Å². The molecule has 0 heterocycles. The molecule has 0 amide bonds. The largest absolute Gasteiger partial charge is 0.469 e. The topological polar surface area (TPSA) is 69.4 Å². The lowest BCUT2D eigenvalue weighted by atomic mass is 9.99. The minimum atomic E-state index is -0.811. The number of benzene rings is 2. The van der Waals surface area contributed by atoms with Crippen LogP contribution < -0.4 is 5.73 Å². The molecule has 4 heteroatoms. The second-order valence-corrected chi connectivity index (χ2v) is 4.71. The van der Waals surface area contributed by atoms with E-state index in [0.717, 1.165) is 16.3 Å². The number of Topliss-reactive ketones (excluding diaryl/α,β-unsaturated/α-hetero) is 1. The molecule has 0 aliphatic heterocycles. The number of nitrogens with two attached hydrogens (primary N) is 1. The zero-order valence-electron chi connectivity index (χ0n) is 11.3. The van der Waals surface area contributed by atoms with Gasteiger partial charge in [-0.15, -0.1) is 0 Å². The van der Waals surface area contributed by atoms with Gasteiger partial charge in [-0.05, 0) is 16.3 Å². The molecule has 0 radical (unpaired) electrons. The summed E-state index contributed by atoms with van der Waals surface area (Å²) in [7, 11) is 1.28. The minimum absolute atomic E-state index is 0.0804. The Balaban J connectivity index is 2.07. The first kappa shape index (κ1) is 14.2. The van der Waals surface area contributed by atoms with Gasteiger partial charge in [0.25, 0.3) is 0 Å². The van der Waals surface area contributed by atoms with Gasteiger partial charge in [-0.3, -0.25) is 9.59 Å². The van der Waals surface area contributed by atoms with Crippen molar-refractivity contribution < 1.29 is 14.3 Å². The number of hydrogen-bond acceptors (Lipinski definition) is 4. The first-order chi connectivity index (χ1) is 9.60. The van der Waals surface area contributed by atoms with Crippen LogP contribution in [0.3, 0.4) is 0 Å². The van der Waals surface area contributed by atoms with Crippen molar-refractivity contribution in [2.24, 2.45) is 5.73 Å². The summed E-state index contributed by atoms with van der Waals surface area (Å²) in [6, 6.07) is 13.0. The van der Waals surface area contributed by atoms with E-state index in [4.69, 9.17) is 5.73 Å². The number of ketones is 1. The molecule has 0 aromatic heterocycles. The quantitative estimate of drug-likeness (QED) is 0.842. The van der Waals surface area contributed by atoms with Crippen LogP contribution >= 0.6 is 0 Å². The van der Waals surface area contributed by atoms with E-state index in [2.05, 4.69) is 4.74 Å². The zero-order chi connectivity index (χ0) is 14.5. The Morgan fingerprint density at radius 3 is 2.55 bits per heavy atom. The number of carbonyl (C=O) groups excluding carboxylic acids is 2. The van der Waals surface area contributed by atoms with Crippen LogP contribution in [0.2, 0.25) is 0 Å². The lowest BCUT2D eigenvalue weighted by Crippen LogP contribution is -2.34. The van der Waals surface area contributed by atoms with Crippen molar-refractivity contribution in [3.63, 3.8) is 0 Å². The van der Waals surface area contributed by atoms with Crippen LogP contribution in [0.5, 0.6) is 0 Å². The molecule has 2 N–H and O–H groups in total. The SMILES string of the molecule is COC(=O)CC(N)C(=O)Cc1ccc2ccccc2c1. The van der Waals surface area contributed by atoms with Crippen LogP contribution in [0.15, 0.2) is 42.5 Å². The summed E-state index contributed by atoms with van der Waals surface area (Å²) in [6.45, 7) is 0. The fourth-order valence-corrected chi connectivity index (χ4v) is 2.06. The maximum Gasteiger partial charge on any atom is 0.307 e. The summed E-state index contributed by atoms with van der Waals surface area (Å²) in [5.41, 5.74) is 6.60. The van der Waals surface area contributed by atoms with Gasteiger partial charge in [0.05, 0.1) is 19.6 Å². The molecule has 0 bridgehead atoms. The van der Waals surface area contributed by atoms with Gasteiger partial charge in [0.2, 0.25) is 0 Å². The number of ether oxygens (including phenoxy) is 1. The highest BCUT2D eigenvalue weighted by Crippen LogP contribution is 2.16. The summed E-state index contributed by atoms with van der Waals surface area (Å²) >= 11 is 0. The number of esters is 1. The summed E-state index contributed by atoms with van der Waals surface area (Å²) in [4.78, 5) is 23.1. The van der Waals surface area contributed by atoms with Gasteiger partial charge in [0.1, 0.15) is 0 Å². The van der Waals surface area contributed by atoms with Crippen LogP contribution in [-0.2, 0) is 20.7 Å². The smallest absolute Gasteiger partial charge is 0.307 e. The lowest BCUT2D eigenvalue weighted by molar-refractivity contribution is -0.142. The van der Waals surface area contributed by atoms with E-state index in [1.165, 1.54) is 7.11 Å². The predicted molar refractivity (Wildman–Crippen MR) is 77.3 cm³/mol. The number of fused-ring (bicyclic) bond motifs is 1. The van der Waals surface area contributed by atoms with Crippen LogP contribution in [0.4, 0.5) is 0 Å². The fraction of sp³-hybridized carbons (Fsp3) is 0.250. The zero-order valence-corrected chi connectivity index (χ0v) is 11.3. The second kappa shape index (κ2) is 6.30. The standard InChI is InChI=1S/C16H17NO3/c1-20-16(19)10-14(17)15(18)9-11-6-7-12-4-2-3-5-13(12)8-11/h2-8,14H,9-10,17H2,1H3. The van der Waals surface area contributed by atoms with Gasteiger partial charge in [-0.2, -0.15) is 0 Å². The molecule has 0 saturated carbocycles. The molecule has 104 valence electrons. The normalized spacial score (nSPS) is 12.1. The lowest BCUT2D eigenvalue weighted by Gasteiger charge is -2.09. The molecule has 0 aliphatic carbocycles. The Morgan fingerprint density at radius 1 is 1.15 bits per heavy atom. The first-order valence-electron chi connectivity index (χ1n) is 6.43. The van der Waals surface area contributed by atoms with Crippen LogP contribution in [0.25, 0.3) is 10.8 Å². The van der Waals surface area contributed by atoms with Gasteiger partial charge in [0, 0.05) is 6.42 Å². The Hall–Kier alpha value is -2.20. The van der Waals surface area contributed by atoms with Gasteiger partial charge in [0.15, 0.2) is 5.78 Å². The monoisotopic (exact) mass is 271 g/mol. The van der Waals surface area contributed by atoms with E-state index < -0.39 is 12.0 Å². The molecule has 1 atom stereocenters. The van der Waals surface area contributed by atoms with Crippen molar-refractivity contribution in [3.8, 4) is 0 Å². The summed E-state index contributed by atoms with van der Waals surface area (Å²) < 4.78 is 4.51. The highest BCUT2D eigenvalue weighted by molar-refractivity contribution is 5.91. The number of hydrogen-bond donors (Lipinski definition) is 1. The maximum absolute atomic E-state index is 12.0. The van der Waals surface area contributed by atoms with Crippen molar-refractivity contribution in [3.05, 3.63) is 48.0 Å². The van der Waals surface area contributed by atoms with Crippen LogP contribution in [0.1, 0.15) is 12.0 Å². The molecule has 20 heavy (non-hydrogen) atoms. The van der Waals surface area contributed by atoms with E-state index in [0.29, 0.717) is 0 Å². The third-order valence-corrected chi connectivity index (χ3v) is 3.22. The molecule has 0 spiro atoms. The number of carbonyl (C=O) groups is 2. The molecule has 2 aromatic rings. The van der Waals surface area contributed by atoms with Gasteiger partial charge < -0.3 is 10.5 Å². The Morgan fingerprint density at radius 2 is 1.85 bits per heavy atom. The van der Waals surface area contributed by atoms with Crippen molar-refractivity contribution in [1.82, 2.24) is 0 Å². The van der Waals surface area contributed by atoms with Crippen molar-refractivity contribution in [2.45, 2.75) is 18.9 Å². The van der Waals surface area contributed by atoms with E-state index in [1.54, 1.807) is 0 Å². The first-order valence-corrected chi connectivity index (χ1v) is 6.43. The molecule has 0 fully saturated rings. The number of rotatable bonds is 5. The highest BCUT2D eigenvalue weighted by Gasteiger charge is 2.18. The fourth-order valence-electron chi connectivity index (χ4n) is 2.06. The van der Waals surface area contributed by atoms with Gasteiger partial charge in [-0.25, -0.2) is 0 Å². The molecule has 4 nitrogen and oxygen atoms in total. The second-order valence-electron chi connectivity index (χ2n) is 4.71. The Kier molecular flexibility index (Phi) is 4.48. The minimum Gasteiger partial charge on any atom is -0.469 e. The van der Waals surface area contributed by atoms with Gasteiger partial charge in [-0.1, -0.05) is 42.5 Å². The third-order valence-electron chi connectivity index (χ3n) is 3.22. The molecular weight excluding hydrogens is 254 g/mol. The Bertz CT molecular complexity index is 636. The Labute approximate surface area is 117 Å². The average molecular weight is 271 g/mol. The maximum atomic E-state index is 12.0. The van der Waals surface area contributed by atoms with E-state index >= 15 is 0 Å². The van der Waals surface area contributed by atoms with E-state index in [1.807, 2.05) is 42.5 Å². The molecule has 2 aromatic carbocycles. The number of methoxy groups -OCH3 is 1.